The summed E-state index contributed by atoms with van der Waals surface area (Å²) in [4.78, 5) is 17.8. The summed E-state index contributed by atoms with van der Waals surface area (Å²) in [6.45, 7) is 1.44. The van der Waals surface area contributed by atoms with Crippen LogP contribution >= 0.6 is 11.6 Å². The molecule has 1 aromatic heterocycles. The van der Waals surface area contributed by atoms with E-state index in [-0.39, 0.29) is 10.8 Å². The molecule has 8 heteroatoms. The Balaban J connectivity index is 1.28. The minimum atomic E-state index is -3.56. The van der Waals surface area contributed by atoms with Gasteiger partial charge in [0.1, 0.15) is 0 Å². The largest absolute Gasteiger partial charge is 0.361 e. The highest BCUT2D eigenvalue weighted by molar-refractivity contribution is 7.89. The van der Waals surface area contributed by atoms with Crippen molar-refractivity contribution in [1.82, 2.24) is 14.2 Å². The highest BCUT2D eigenvalue weighted by Crippen LogP contribution is 2.21. The molecular weight excluding hydrogens is 422 g/mol. The van der Waals surface area contributed by atoms with Crippen LogP contribution in [0.2, 0.25) is 5.02 Å². The topological polar surface area (TPSA) is 73.5 Å². The third-order valence-corrected chi connectivity index (χ3v) is 7.72. The molecule has 2 heterocycles. The van der Waals surface area contributed by atoms with Crippen LogP contribution in [0, 0.1) is 0 Å². The fourth-order valence-corrected chi connectivity index (χ4v) is 5.41. The molecule has 0 aliphatic carbocycles. The van der Waals surface area contributed by atoms with E-state index in [0.717, 1.165) is 18.4 Å². The Hall–Kier alpha value is -2.35. The summed E-state index contributed by atoms with van der Waals surface area (Å²) in [5.41, 5.74) is 2.33. The van der Waals surface area contributed by atoms with E-state index in [4.69, 9.17) is 11.6 Å². The first-order valence-electron chi connectivity index (χ1n) is 10.0. The van der Waals surface area contributed by atoms with Crippen LogP contribution in [-0.2, 0) is 21.2 Å². The number of rotatable bonds is 6. The molecule has 1 fully saturated rings. The lowest BCUT2D eigenvalue weighted by molar-refractivity contribution is -0.132. The lowest BCUT2D eigenvalue weighted by Crippen LogP contribution is -2.50. The second kappa shape index (κ2) is 8.79. The number of aromatic nitrogens is 1. The van der Waals surface area contributed by atoms with Crippen LogP contribution in [0.5, 0.6) is 0 Å². The van der Waals surface area contributed by atoms with Crippen molar-refractivity contribution in [3.63, 3.8) is 0 Å². The molecule has 0 unspecified atom stereocenters. The Kier molecular flexibility index (Phi) is 6.13. The van der Waals surface area contributed by atoms with Crippen LogP contribution in [0.25, 0.3) is 10.9 Å². The predicted molar refractivity (Wildman–Crippen MR) is 118 cm³/mol. The normalized spacial score (nSPS) is 15.6. The summed E-state index contributed by atoms with van der Waals surface area (Å²) in [7, 11) is -3.56. The molecule has 0 radical (unpaired) electrons. The van der Waals surface area contributed by atoms with Gasteiger partial charge in [0, 0.05) is 54.7 Å². The van der Waals surface area contributed by atoms with Gasteiger partial charge in [-0.1, -0.05) is 29.8 Å². The van der Waals surface area contributed by atoms with Crippen molar-refractivity contribution in [2.24, 2.45) is 0 Å². The number of sulfonamides is 1. The van der Waals surface area contributed by atoms with Crippen molar-refractivity contribution >= 4 is 38.4 Å². The minimum Gasteiger partial charge on any atom is -0.361 e. The number of aryl methyl sites for hydroxylation is 1. The summed E-state index contributed by atoms with van der Waals surface area (Å²) < 4.78 is 27.0. The zero-order valence-electron chi connectivity index (χ0n) is 16.6. The lowest BCUT2D eigenvalue weighted by Gasteiger charge is -2.34. The molecule has 6 nitrogen and oxygen atoms in total. The maximum Gasteiger partial charge on any atom is 0.243 e. The smallest absolute Gasteiger partial charge is 0.243 e. The highest BCUT2D eigenvalue weighted by Gasteiger charge is 2.29. The third kappa shape index (κ3) is 4.38. The molecule has 1 aliphatic heterocycles. The monoisotopic (exact) mass is 445 g/mol. The van der Waals surface area contributed by atoms with E-state index in [1.165, 1.54) is 27.4 Å². The fraction of sp³-hybridized carbons (Fsp3) is 0.318. The van der Waals surface area contributed by atoms with Crippen molar-refractivity contribution in [2.45, 2.75) is 24.2 Å². The van der Waals surface area contributed by atoms with Gasteiger partial charge in [0.25, 0.3) is 0 Å². The van der Waals surface area contributed by atoms with Crippen molar-refractivity contribution in [3.8, 4) is 0 Å². The third-order valence-electron chi connectivity index (χ3n) is 5.55. The molecule has 1 aliphatic rings. The van der Waals surface area contributed by atoms with Crippen LogP contribution in [0.15, 0.2) is 59.6 Å². The average Bonchev–Trinajstić information content (AvgIpc) is 3.17. The SMILES string of the molecule is O=C(CCCc1c[nH]c2ccccc12)N1CCN(S(=O)(=O)c2ccc(Cl)cc2)CC1. The Morgan fingerprint density at radius 2 is 1.70 bits per heavy atom. The molecule has 158 valence electrons. The Bertz CT molecular complexity index is 1130. The average molecular weight is 446 g/mol. The number of para-hydroxylation sites is 1. The number of H-pyrrole nitrogens is 1. The number of piperazine rings is 1. The first-order chi connectivity index (χ1) is 14.4. The summed E-state index contributed by atoms with van der Waals surface area (Å²) in [6, 6.07) is 14.3. The summed E-state index contributed by atoms with van der Waals surface area (Å²) in [6.07, 6.45) is 4.07. The molecule has 1 amide bonds. The Morgan fingerprint density at radius 3 is 2.43 bits per heavy atom. The van der Waals surface area contributed by atoms with E-state index in [1.54, 1.807) is 17.0 Å². The number of aromatic amines is 1. The zero-order chi connectivity index (χ0) is 21.1. The van der Waals surface area contributed by atoms with Crippen LogP contribution in [0.4, 0.5) is 0 Å². The molecule has 4 rings (SSSR count). The molecule has 0 spiro atoms. The number of halogens is 1. The van der Waals surface area contributed by atoms with E-state index in [0.29, 0.717) is 37.6 Å². The summed E-state index contributed by atoms with van der Waals surface area (Å²) >= 11 is 5.85. The predicted octanol–water partition coefficient (Wildman–Crippen LogP) is 3.68. The van der Waals surface area contributed by atoms with Crippen molar-refractivity contribution in [3.05, 3.63) is 65.3 Å². The number of hydrogen-bond donors (Lipinski definition) is 1. The first-order valence-corrected chi connectivity index (χ1v) is 11.9. The van der Waals surface area contributed by atoms with Gasteiger partial charge < -0.3 is 9.88 Å². The number of carbonyl (C=O) groups is 1. The van der Waals surface area contributed by atoms with Gasteiger partial charge in [0.2, 0.25) is 15.9 Å². The molecule has 0 atom stereocenters. The number of nitrogens with zero attached hydrogens (tertiary/aromatic N) is 2. The highest BCUT2D eigenvalue weighted by atomic mass is 35.5. The Labute approximate surface area is 181 Å². The summed E-state index contributed by atoms with van der Waals surface area (Å²) in [5, 5.41) is 1.70. The molecule has 3 aromatic rings. The van der Waals surface area contributed by atoms with E-state index in [9.17, 15) is 13.2 Å². The van der Waals surface area contributed by atoms with Crippen LogP contribution < -0.4 is 0 Å². The fourth-order valence-electron chi connectivity index (χ4n) is 3.86. The zero-order valence-corrected chi connectivity index (χ0v) is 18.1. The second-order valence-corrected chi connectivity index (χ2v) is 9.83. The van der Waals surface area contributed by atoms with E-state index < -0.39 is 10.0 Å². The number of amides is 1. The summed E-state index contributed by atoms with van der Waals surface area (Å²) in [5.74, 6) is 0.0818. The molecule has 30 heavy (non-hydrogen) atoms. The molecule has 0 bridgehead atoms. The van der Waals surface area contributed by atoms with Gasteiger partial charge in [-0.15, -0.1) is 0 Å². The van der Waals surface area contributed by atoms with Crippen molar-refractivity contribution in [2.75, 3.05) is 26.2 Å². The van der Waals surface area contributed by atoms with Crippen LogP contribution in [-0.4, -0.2) is 54.7 Å². The number of hydrogen-bond acceptors (Lipinski definition) is 3. The first kappa shape index (κ1) is 20.9. The molecular formula is C22H24ClN3O3S. The van der Waals surface area contributed by atoms with Crippen molar-refractivity contribution in [1.29, 1.82) is 0 Å². The van der Waals surface area contributed by atoms with E-state index >= 15 is 0 Å². The van der Waals surface area contributed by atoms with Gasteiger partial charge in [-0.3, -0.25) is 4.79 Å². The van der Waals surface area contributed by atoms with Gasteiger partial charge in [-0.2, -0.15) is 4.31 Å². The van der Waals surface area contributed by atoms with Gasteiger partial charge in [0.05, 0.1) is 4.90 Å². The van der Waals surface area contributed by atoms with Crippen LogP contribution in [0.1, 0.15) is 18.4 Å². The maximum absolute atomic E-state index is 12.8. The molecule has 2 aromatic carbocycles. The van der Waals surface area contributed by atoms with E-state index in [2.05, 4.69) is 11.1 Å². The van der Waals surface area contributed by atoms with Crippen molar-refractivity contribution < 1.29 is 13.2 Å². The number of benzene rings is 2. The van der Waals surface area contributed by atoms with Gasteiger partial charge >= 0.3 is 0 Å². The van der Waals surface area contributed by atoms with E-state index in [1.807, 2.05) is 24.4 Å². The van der Waals surface area contributed by atoms with Gasteiger partial charge in [-0.25, -0.2) is 8.42 Å². The number of carbonyl (C=O) groups excluding carboxylic acids is 1. The molecule has 1 N–H and O–H groups in total. The van der Waals surface area contributed by atoms with Crippen LogP contribution in [0.3, 0.4) is 0 Å². The quantitative estimate of drug-likeness (QED) is 0.629. The maximum atomic E-state index is 12.8. The minimum absolute atomic E-state index is 0.0818. The van der Waals surface area contributed by atoms with Gasteiger partial charge in [-0.05, 0) is 48.7 Å². The second-order valence-electron chi connectivity index (χ2n) is 7.45. The number of nitrogens with one attached hydrogen (secondary N) is 1. The standard InChI is InChI=1S/C22H24ClN3O3S/c23-18-8-10-19(11-9-18)30(28,29)26-14-12-25(13-15-26)22(27)7-3-4-17-16-24-21-6-2-1-5-20(17)21/h1-2,5-6,8-11,16,24H,3-4,7,12-15H2. The molecule has 1 saturated heterocycles. The number of fused-ring (bicyclic) bond motifs is 1. The lowest BCUT2D eigenvalue weighted by atomic mass is 10.1. The molecule has 0 saturated carbocycles. The van der Waals surface area contributed by atoms with Gasteiger partial charge in [0.15, 0.2) is 0 Å². The Morgan fingerprint density at radius 1 is 1.00 bits per heavy atom.